The Bertz CT molecular complexity index is 447. The van der Waals surface area contributed by atoms with Crippen LogP contribution in [-0.2, 0) is 13.2 Å². The van der Waals surface area contributed by atoms with Crippen molar-refractivity contribution < 1.29 is 4.74 Å². The molecule has 2 rings (SSSR count). The molecule has 0 saturated heterocycles. The highest BCUT2D eigenvalue weighted by molar-refractivity contribution is 7.09. The Labute approximate surface area is 118 Å². The van der Waals surface area contributed by atoms with Crippen LogP contribution in [0.15, 0.2) is 35.7 Å². The van der Waals surface area contributed by atoms with E-state index in [9.17, 15) is 0 Å². The molecule has 98 valence electrons. The number of hydrogen-bond donors (Lipinski definition) is 1. The van der Waals surface area contributed by atoms with Gasteiger partial charge in [-0.25, -0.2) is 4.98 Å². The maximum Gasteiger partial charge on any atom is 0.131 e. The van der Waals surface area contributed by atoms with E-state index in [1.807, 2.05) is 30.3 Å². The minimum Gasteiger partial charge on any atom is -0.487 e. The largest absolute Gasteiger partial charge is 0.487 e. The van der Waals surface area contributed by atoms with Crippen LogP contribution in [0.5, 0.6) is 5.75 Å². The van der Waals surface area contributed by atoms with Crippen LogP contribution in [0, 0.1) is 0 Å². The number of ether oxygens (including phenoxy) is 1. The third-order valence-corrected chi connectivity index (χ3v) is 3.15. The van der Waals surface area contributed by atoms with E-state index in [4.69, 9.17) is 4.74 Å². The second kappa shape index (κ2) is 8.08. The molecular weight excluding hydrogens is 268 g/mol. The van der Waals surface area contributed by atoms with Crippen molar-refractivity contribution in [2.45, 2.75) is 20.1 Å². The smallest absolute Gasteiger partial charge is 0.131 e. The molecule has 0 atom stereocenters. The summed E-state index contributed by atoms with van der Waals surface area (Å²) in [5, 5.41) is 6.42. The van der Waals surface area contributed by atoms with Crippen molar-refractivity contribution in [1.82, 2.24) is 10.3 Å². The number of rotatable bonds is 6. The summed E-state index contributed by atoms with van der Waals surface area (Å²) in [7, 11) is 0. The molecule has 0 radical (unpaired) electrons. The summed E-state index contributed by atoms with van der Waals surface area (Å²) in [4.78, 5) is 4.49. The highest BCUT2D eigenvalue weighted by Crippen LogP contribution is 2.14. The zero-order valence-corrected chi connectivity index (χ0v) is 11.9. The zero-order valence-electron chi connectivity index (χ0n) is 10.3. The predicted octanol–water partition coefficient (Wildman–Crippen LogP) is 3.25. The summed E-state index contributed by atoms with van der Waals surface area (Å²) in [6, 6.07) is 9.81. The van der Waals surface area contributed by atoms with Crippen molar-refractivity contribution in [3.8, 4) is 5.75 Å². The van der Waals surface area contributed by atoms with Gasteiger partial charge in [0, 0.05) is 11.9 Å². The van der Waals surface area contributed by atoms with Gasteiger partial charge in [-0.1, -0.05) is 25.1 Å². The van der Waals surface area contributed by atoms with Crippen LogP contribution in [0.2, 0.25) is 0 Å². The van der Waals surface area contributed by atoms with Gasteiger partial charge >= 0.3 is 0 Å². The maximum atomic E-state index is 5.63. The fraction of sp³-hybridized carbons (Fsp3) is 0.308. The first-order valence-corrected chi connectivity index (χ1v) is 6.58. The summed E-state index contributed by atoms with van der Waals surface area (Å²) in [5.74, 6) is 0.883. The van der Waals surface area contributed by atoms with Crippen molar-refractivity contribution in [1.29, 1.82) is 0 Å². The van der Waals surface area contributed by atoms with Crippen LogP contribution < -0.4 is 10.1 Å². The van der Waals surface area contributed by atoms with Gasteiger partial charge in [0.05, 0.1) is 5.69 Å². The Hall–Kier alpha value is -1.10. The minimum atomic E-state index is 0. The van der Waals surface area contributed by atoms with Gasteiger partial charge in [-0.05, 0) is 18.7 Å². The van der Waals surface area contributed by atoms with Gasteiger partial charge in [0.25, 0.3) is 0 Å². The number of aromatic nitrogens is 1. The molecule has 0 aliphatic heterocycles. The number of nitrogens with one attached hydrogen (secondary N) is 1. The van der Waals surface area contributed by atoms with Crippen LogP contribution >= 0.6 is 23.7 Å². The monoisotopic (exact) mass is 284 g/mol. The molecular formula is C13H17ClN2OS. The second-order valence-electron chi connectivity index (χ2n) is 3.61. The van der Waals surface area contributed by atoms with E-state index >= 15 is 0 Å². The Morgan fingerprint density at radius 2 is 2.06 bits per heavy atom. The molecule has 0 aliphatic rings. The fourth-order valence-corrected chi connectivity index (χ4v) is 2.15. The van der Waals surface area contributed by atoms with Crippen molar-refractivity contribution in [2.24, 2.45) is 0 Å². The first-order valence-electron chi connectivity index (χ1n) is 5.70. The number of halogens is 1. The quantitative estimate of drug-likeness (QED) is 0.884. The molecule has 1 N–H and O–H groups in total. The number of hydrogen-bond acceptors (Lipinski definition) is 4. The Morgan fingerprint density at radius 3 is 2.78 bits per heavy atom. The third-order valence-electron chi connectivity index (χ3n) is 2.26. The summed E-state index contributed by atoms with van der Waals surface area (Å²) in [5.41, 5.74) is 0.992. The lowest BCUT2D eigenvalue weighted by Gasteiger charge is -2.02. The lowest BCUT2D eigenvalue weighted by atomic mass is 10.3. The number of nitrogens with zero attached hydrogens (tertiary/aromatic N) is 1. The van der Waals surface area contributed by atoms with Gasteiger partial charge in [-0.3, -0.25) is 0 Å². The second-order valence-corrected chi connectivity index (χ2v) is 4.56. The molecule has 18 heavy (non-hydrogen) atoms. The summed E-state index contributed by atoms with van der Waals surface area (Å²) >= 11 is 1.67. The van der Waals surface area contributed by atoms with Crippen LogP contribution in [-0.4, -0.2) is 11.5 Å². The average molecular weight is 285 g/mol. The lowest BCUT2D eigenvalue weighted by Crippen LogP contribution is -2.11. The Balaban J connectivity index is 0.00000162. The SMILES string of the molecule is CCNCc1nc(COc2ccccc2)cs1.Cl. The van der Waals surface area contributed by atoms with E-state index in [0.717, 1.165) is 29.5 Å². The standard InChI is InChI=1S/C13H16N2OS.ClH/c1-2-14-8-13-15-11(10-17-13)9-16-12-6-4-3-5-7-12;/h3-7,10,14H,2,8-9H2,1H3;1H. The average Bonchev–Trinajstić information content (AvgIpc) is 2.83. The van der Waals surface area contributed by atoms with E-state index in [2.05, 4.69) is 22.6 Å². The molecule has 0 saturated carbocycles. The molecule has 2 aromatic rings. The van der Waals surface area contributed by atoms with Gasteiger partial charge in [0.15, 0.2) is 0 Å². The van der Waals surface area contributed by atoms with E-state index in [-0.39, 0.29) is 12.4 Å². The first-order chi connectivity index (χ1) is 8.38. The topological polar surface area (TPSA) is 34.2 Å². The molecule has 0 aliphatic carbocycles. The minimum absolute atomic E-state index is 0. The van der Waals surface area contributed by atoms with Crippen molar-refractivity contribution in [3.05, 3.63) is 46.4 Å². The fourth-order valence-electron chi connectivity index (χ4n) is 1.40. The normalized spacial score (nSPS) is 9.83. The van der Waals surface area contributed by atoms with Gasteiger partial charge < -0.3 is 10.1 Å². The number of thiazole rings is 1. The van der Waals surface area contributed by atoms with Gasteiger partial charge in [0.2, 0.25) is 0 Å². The van der Waals surface area contributed by atoms with Gasteiger partial charge in [-0.15, -0.1) is 23.7 Å². The van der Waals surface area contributed by atoms with E-state index in [1.54, 1.807) is 11.3 Å². The van der Waals surface area contributed by atoms with Gasteiger partial charge in [-0.2, -0.15) is 0 Å². The zero-order chi connectivity index (χ0) is 11.9. The summed E-state index contributed by atoms with van der Waals surface area (Å²) in [6.45, 7) is 4.43. The van der Waals surface area contributed by atoms with Crippen molar-refractivity contribution in [3.63, 3.8) is 0 Å². The van der Waals surface area contributed by atoms with Crippen LogP contribution in [0.3, 0.4) is 0 Å². The lowest BCUT2D eigenvalue weighted by molar-refractivity contribution is 0.302. The van der Waals surface area contributed by atoms with Crippen LogP contribution in [0.1, 0.15) is 17.6 Å². The molecule has 5 heteroatoms. The molecule has 0 amide bonds. The van der Waals surface area contributed by atoms with Crippen LogP contribution in [0.25, 0.3) is 0 Å². The summed E-state index contributed by atoms with van der Waals surface area (Å²) in [6.07, 6.45) is 0. The molecule has 3 nitrogen and oxygen atoms in total. The highest BCUT2D eigenvalue weighted by Gasteiger charge is 2.02. The molecule has 0 bridgehead atoms. The van der Waals surface area contributed by atoms with Crippen molar-refractivity contribution in [2.75, 3.05) is 6.54 Å². The first kappa shape index (κ1) is 15.0. The van der Waals surface area contributed by atoms with E-state index in [1.165, 1.54) is 0 Å². The Kier molecular flexibility index (Phi) is 6.72. The van der Waals surface area contributed by atoms with Crippen LogP contribution in [0.4, 0.5) is 0 Å². The predicted molar refractivity (Wildman–Crippen MR) is 77.5 cm³/mol. The van der Waals surface area contributed by atoms with Gasteiger partial charge in [0.1, 0.15) is 17.4 Å². The summed E-state index contributed by atoms with van der Waals surface area (Å²) < 4.78 is 5.63. The highest BCUT2D eigenvalue weighted by atomic mass is 35.5. The molecule has 1 aromatic carbocycles. The number of benzene rings is 1. The van der Waals surface area contributed by atoms with E-state index < -0.39 is 0 Å². The maximum absolute atomic E-state index is 5.63. The molecule has 1 aromatic heterocycles. The Morgan fingerprint density at radius 1 is 1.28 bits per heavy atom. The molecule has 1 heterocycles. The number of para-hydroxylation sites is 1. The molecule has 0 fully saturated rings. The third kappa shape index (κ3) is 4.64. The van der Waals surface area contributed by atoms with E-state index in [0.29, 0.717) is 6.61 Å². The molecule has 0 unspecified atom stereocenters. The van der Waals surface area contributed by atoms with Crippen molar-refractivity contribution >= 4 is 23.7 Å². The molecule has 0 spiro atoms.